The lowest BCUT2D eigenvalue weighted by Gasteiger charge is -2.19. The van der Waals surface area contributed by atoms with Crippen LogP contribution in [0.15, 0.2) is 53.0 Å². The molecule has 1 N–H and O–H groups in total. The molecule has 0 amide bonds. The minimum Gasteiger partial charge on any atom is -0.491 e. The van der Waals surface area contributed by atoms with Gasteiger partial charge in [-0.3, -0.25) is 0 Å². The predicted molar refractivity (Wildman–Crippen MR) is 91.9 cm³/mol. The topological polar surface area (TPSA) is 21.3 Å². The van der Waals surface area contributed by atoms with Crippen LogP contribution < -0.4 is 10.1 Å². The van der Waals surface area contributed by atoms with Crippen LogP contribution in [0.5, 0.6) is 5.75 Å². The molecule has 3 heteroatoms. The summed E-state index contributed by atoms with van der Waals surface area (Å²) >= 11 is 3.62. The maximum Gasteiger partial charge on any atom is 0.120 e. The normalized spacial score (nSPS) is 12.4. The van der Waals surface area contributed by atoms with Crippen molar-refractivity contribution in [2.24, 2.45) is 0 Å². The Morgan fingerprint density at radius 1 is 1.10 bits per heavy atom. The van der Waals surface area contributed by atoms with E-state index in [2.05, 4.69) is 57.6 Å². The standard InChI is InChI=1S/C18H22BrNO/c1-13(2)21-16-9-6-8-15(11-16)18(20-3)12-14-7-4-5-10-17(14)19/h4-11,13,18,20H,12H2,1-3H3. The molecule has 0 spiro atoms. The van der Waals surface area contributed by atoms with Crippen LogP contribution in [-0.2, 0) is 6.42 Å². The molecular weight excluding hydrogens is 326 g/mol. The lowest BCUT2D eigenvalue weighted by molar-refractivity contribution is 0.242. The fourth-order valence-electron chi connectivity index (χ4n) is 2.35. The molecule has 0 bridgehead atoms. The van der Waals surface area contributed by atoms with Crippen molar-refractivity contribution in [3.8, 4) is 5.75 Å². The molecule has 0 aromatic heterocycles. The first kappa shape index (κ1) is 16.1. The first-order valence-corrected chi connectivity index (χ1v) is 8.06. The Labute approximate surface area is 135 Å². The zero-order valence-electron chi connectivity index (χ0n) is 12.8. The van der Waals surface area contributed by atoms with Crippen LogP contribution in [0.1, 0.15) is 31.0 Å². The average molecular weight is 348 g/mol. The molecule has 0 heterocycles. The highest BCUT2D eigenvalue weighted by Crippen LogP contribution is 2.26. The number of halogens is 1. The van der Waals surface area contributed by atoms with Crippen LogP contribution >= 0.6 is 15.9 Å². The molecule has 112 valence electrons. The third-order valence-corrected chi connectivity index (χ3v) is 4.14. The van der Waals surface area contributed by atoms with E-state index in [-0.39, 0.29) is 12.1 Å². The summed E-state index contributed by atoms with van der Waals surface area (Å²) in [7, 11) is 2.00. The molecule has 0 aliphatic rings. The van der Waals surface area contributed by atoms with E-state index in [4.69, 9.17) is 4.74 Å². The van der Waals surface area contributed by atoms with Gasteiger partial charge in [-0.25, -0.2) is 0 Å². The van der Waals surface area contributed by atoms with Gasteiger partial charge >= 0.3 is 0 Å². The van der Waals surface area contributed by atoms with E-state index in [1.54, 1.807) is 0 Å². The second-order valence-corrected chi connectivity index (χ2v) is 6.23. The van der Waals surface area contributed by atoms with Crippen LogP contribution in [0.2, 0.25) is 0 Å². The van der Waals surface area contributed by atoms with Crippen molar-refractivity contribution in [3.63, 3.8) is 0 Å². The fourth-order valence-corrected chi connectivity index (χ4v) is 2.79. The van der Waals surface area contributed by atoms with E-state index in [9.17, 15) is 0 Å². The molecule has 1 atom stereocenters. The number of nitrogens with one attached hydrogen (secondary N) is 1. The van der Waals surface area contributed by atoms with Gasteiger partial charge in [0, 0.05) is 10.5 Å². The lowest BCUT2D eigenvalue weighted by atomic mass is 9.99. The van der Waals surface area contributed by atoms with Crippen molar-refractivity contribution < 1.29 is 4.74 Å². The Bertz CT molecular complexity index is 583. The predicted octanol–water partition coefficient (Wildman–Crippen LogP) is 4.74. The minimum atomic E-state index is 0.191. The molecule has 2 rings (SSSR count). The van der Waals surface area contributed by atoms with E-state index < -0.39 is 0 Å². The van der Waals surface area contributed by atoms with E-state index in [0.29, 0.717) is 0 Å². The molecule has 2 aromatic rings. The van der Waals surface area contributed by atoms with E-state index in [1.165, 1.54) is 11.1 Å². The summed E-state index contributed by atoms with van der Waals surface area (Å²) in [6, 6.07) is 16.9. The summed E-state index contributed by atoms with van der Waals surface area (Å²) in [6.45, 7) is 4.09. The van der Waals surface area contributed by atoms with E-state index in [0.717, 1.165) is 16.6 Å². The van der Waals surface area contributed by atoms with Crippen molar-refractivity contribution in [2.45, 2.75) is 32.4 Å². The molecule has 1 unspecified atom stereocenters. The van der Waals surface area contributed by atoms with Crippen molar-refractivity contribution in [1.29, 1.82) is 0 Å². The van der Waals surface area contributed by atoms with Gasteiger partial charge in [0.05, 0.1) is 6.10 Å². The first-order valence-electron chi connectivity index (χ1n) is 7.27. The number of rotatable bonds is 6. The average Bonchev–Trinajstić information content (AvgIpc) is 2.46. The van der Waals surface area contributed by atoms with Crippen LogP contribution in [-0.4, -0.2) is 13.2 Å². The first-order chi connectivity index (χ1) is 10.1. The van der Waals surface area contributed by atoms with Crippen LogP contribution in [0.3, 0.4) is 0 Å². The van der Waals surface area contributed by atoms with Gasteiger partial charge < -0.3 is 10.1 Å². The van der Waals surface area contributed by atoms with Gasteiger partial charge in [0.1, 0.15) is 5.75 Å². The highest BCUT2D eigenvalue weighted by Gasteiger charge is 2.12. The Hall–Kier alpha value is -1.32. The molecule has 2 aromatic carbocycles. The third kappa shape index (κ3) is 4.58. The van der Waals surface area contributed by atoms with E-state index in [1.807, 2.05) is 33.0 Å². The third-order valence-electron chi connectivity index (χ3n) is 3.36. The van der Waals surface area contributed by atoms with Crippen LogP contribution in [0.25, 0.3) is 0 Å². The zero-order chi connectivity index (χ0) is 15.2. The van der Waals surface area contributed by atoms with Gasteiger partial charge in [-0.1, -0.05) is 46.3 Å². The number of likely N-dealkylation sites (N-methyl/N-ethyl adjacent to an activating group) is 1. The molecule has 0 aliphatic carbocycles. The SMILES string of the molecule is CNC(Cc1ccccc1Br)c1cccc(OC(C)C)c1. The molecule has 21 heavy (non-hydrogen) atoms. The van der Waals surface area contributed by atoms with Crippen molar-refractivity contribution in [3.05, 3.63) is 64.1 Å². The molecule has 0 radical (unpaired) electrons. The van der Waals surface area contributed by atoms with Crippen LogP contribution in [0, 0.1) is 0 Å². The molecule has 2 nitrogen and oxygen atoms in total. The number of ether oxygens (including phenoxy) is 1. The summed E-state index contributed by atoms with van der Waals surface area (Å²) < 4.78 is 6.94. The Morgan fingerprint density at radius 3 is 2.52 bits per heavy atom. The second kappa shape index (κ2) is 7.62. The quantitative estimate of drug-likeness (QED) is 0.814. The van der Waals surface area contributed by atoms with Crippen molar-refractivity contribution >= 4 is 15.9 Å². The highest BCUT2D eigenvalue weighted by molar-refractivity contribution is 9.10. The van der Waals surface area contributed by atoms with Crippen molar-refractivity contribution in [1.82, 2.24) is 5.32 Å². The molecule has 0 saturated carbocycles. The van der Waals surface area contributed by atoms with Gasteiger partial charge in [0.25, 0.3) is 0 Å². The number of hydrogen-bond donors (Lipinski definition) is 1. The maximum atomic E-state index is 5.79. The largest absolute Gasteiger partial charge is 0.491 e. The van der Waals surface area contributed by atoms with Gasteiger partial charge in [-0.05, 0) is 56.6 Å². The van der Waals surface area contributed by atoms with Gasteiger partial charge in [0.2, 0.25) is 0 Å². The summed E-state index contributed by atoms with van der Waals surface area (Å²) in [6.07, 6.45) is 1.12. The summed E-state index contributed by atoms with van der Waals surface area (Å²) in [5, 5.41) is 3.40. The molecule has 0 fully saturated rings. The smallest absolute Gasteiger partial charge is 0.120 e. The molecular formula is C18H22BrNO. The van der Waals surface area contributed by atoms with Gasteiger partial charge in [0.15, 0.2) is 0 Å². The zero-order valence-corrected chi connectivity index (χ0v) is 14.4. The monoisotopic (exact) mass is 347 g/mol. The Kier molecular flexibility index (Phi) is 5.83. The summed E-state index contributed by atoms with van der Waals surface area (Å²) in [4.78, 5) is 0. The summed E-state index contributed by atoms with van der Waals surface area (Å²) in [5.41, 5.74) is 2.54. The molecule has 0 saturated heterocycles. The fraction of sp³-hybridized carbons (Fsp3) is 0.333. The maximum absolute atomic E-state index is 5.79. The Balaban J connectivity index is 2.19. The van der Waals surface area contributed by atoms with Gasteiger partial charge in [-0.15, -0.1) is 0 Å². The van der Waals surface area contributed by atoms with E-state index >= 15 is 0 Å². The molecule has 0 aliphatic heterocycles. The number of benzene rings is 2. The van der Waals surface area contributed by atoms with Crippen LogP contribution in [0.4, 0.5) is 0 Å². The lowest BCUT2D eigenvalue weighted by Crippen LogP contribution is -2.19. The second-order valence-electron chi connectivity index (χ2n) is 5.38. The number of hydrogen-bond acceptors (Lipinski definition) is 2. The summed E-state index contributed by atoms with van der Waals surface area (Å²) in [5.74, 6) is 0.926. The van der Waals surface area contributed by atoms with Gasteiger partial charge in [-0.2, -0.15) is 0 Å². The highest BCUT2D eigenvalue weighted by atomic mass is 79.9. The Morgan fingerprint density at radius 2 is 1.86 bits per heavy atom. The minimum absolute atomic E-state index is 0.191. The van der Waals surface area contributed by atoms with Crippen molar-refractivity contribution in [2.75, 3.05) is 7.05 Å².